The molecule has 0 aliphatic rings. The van der Waals surface area contributed by atoms with E-state index in [9.17, 15) is 4.79 Å². The third-order valence-electron chi connectivity index (χ3n) is 1.04. The van der Waals surface area contributed by atoms with Crippen molar-refractivity contribution < 1.29 is 14.7 Å². The zero-order chi connectivity index (χ0) is 11.0. The number of carboxylic acid groups (broad SMARTS) is 1. The fourth-order valence-corrected chi connectivity index (χ4v) is 0.664. The molecular formula is C8H11N3O3. The molecule has 0 saturated heterocycles. The molecule has 0 radical (unpaired) electrons. The van der Waals surface area contributed by atoms with Crippen molar-refractivity contribution in [2.75, 3.05) is 5.32 Å². The van der Waals surface area contributed by atoms with E-state index in [1.165, 1.54) is 0 Å². The van der Waals surface area contributed by atoms with Crippen LogP contribution in [0.4, 0.5) is 15.3 Å². The Morgan fingerprint density at radius 1 is 1.14 bits per heavy atom. The van der Waals surface area contributed by atoms with Gasteiger partial charge in [0.1, 0.15) is 0 Å². The highest BCUT2D eigenvalue weighted by Gasteiger charge is 1.90. The van der Waals surface area contributed by atoms with Gasteiger partial charge in [-0.2, -0.15) is 0 Å². The van der Waals surface area contributed by atoms with E-state index in [1.807, 2.05) is 18.2 Å². The quantitative estimate of drug-likeness (QED) is 0.533. The van der Waals surface area contributed by atoms with Crippen LogP contribution in [0.3, 0.4) is 0 Å². The minimum atomic E-state index is -1.33. The first-order valence-electron chi connectivity index (χ1n) is 3.62. The number of para-hydroxylation sites is 1. The summed E-state index contributed by atoms with van der Waals surface area (Å²) in [5.74, 6) is 0. The van der Waals surface area contributed by atoms with Crippen LogP contribution in [-0.2, 0) is 0 Å². The molecule has 0 bridgehead atoms. The molecule has 0 saturated carbocycles. The molecule has 6 nitrogen and oxygen atoms in total. The summed E-state index contributed by atoms with van der Waals surface area (Å²) in [6.45, 7) is 0. The molecule has 0 aliphatic heterocycles. The summed E-state index contributed by atoms with van der Waals surface area (Å²) < 4.78 is 0. The van der Waals surface area contributed by atoms with E-state index < -0.39 is 12.1 Å². The largest absolute Gasteiger partial charge is 0.465 e. The van der Waals surface area contributed by atoms with E-state index in [1.54, 1.807) is 12.1 Å². The average molecular weight is 197 g/mol. The van der Waals surface area contributed by atoms with Crippen molar-refractivity contribution in [3.8, 4) is 0 Å². The van der Waals surface area contributed by atoms with Crippen molar-refractivity contribution in [2.45, 2.75) is 0 Å². The number of urea groups is 1. The molecule has 0 fully saturated rings. The fourth-order valence-electron chi connectivity index (χ4n) is 0.664. The minimum absolute atomic E-state index is 0.536. The Morgan fingerprint density at radius 2 is 1.57 bits per heavy atom. The van der Waals surface area contributed by atoms with Crippen LogP contribution < -0.4 is 16.8 Å². The highest BCUT2D eigenvalue weighted by atomic mass is 16.4. The summed E-state index contributed by atoms with van der Waals surface area (Å²) in [4.78, 5) is 19.1. The molecule has 0 aromatic heterocycles. The molecule has 1 aromatic carbocycles. The van der Waals surface area contributed by atoms with Crippen LogP contribution in [0.5, 0.6) is 0 Å². The first kappa shape index (κ1) is 11.8. The normalized spacial score (nSPS) is 8.00. The molecule has 0 unspecified atom stereocenters. The van der Waals surface area contributed by atoms with Crippen LogP contribution in [0.1, 0.15) is 0 Å². The van der Waals surface area contributed by atoms with Gasteiger partial charge < -0.3 is 21.9 Å². The van der Waals surface area contributed by atoms with Gasteiger partial charge in [-0.3, -0.25) is 0 Å². The zero-order valence-corrected chi connectivity index (χ0v) is 7.31. The maximum Gasteiger partial charge on any atom is 0.402 e. The smallest absolute Gasteiger partial charge is 0.402 e. The van der Waals surface area contributed by atoms with Gasteiger partial charge in [0, 0.05) is 5.69 Å². The van der Waals surface area contributed by atoms with Gasteiger partial charge in [-0.15, -0.1) is 0 Å². The van der Waals surface area contributed by atoms with E-state index >= 15 is 0 Å². The average Bonchev–Trinajstić information content (AvgIpc) is 2.03. The lowest BCUT2D eigenvalue weighted by Crippen LogP contribution is -2.18. The maximum absolute atomic E-state index is 10.3. The molecule has 0 heterocycles. The molecule has 1 rings (SSSR count). The van der Waals surface area contributed by atoms with Gasteiger partial charge >= 0.3 is 12.1 Å². The van der Waals surface area contributed by atoms with Crippen LogP contribution in [0.25, 0.3) is 0 Å². The van der Waals surface area contributed by atoms with Crippen molar-refractivity contribution in [1.29, 1.82) is 0 Å². The third kappa shape index (κ3) is 7.86. The van der Waals surface area contributed by atoms with Crippen LogP contribution >= 0.6 is 0 Å². The fraction of sp³-hybridized carbons (Fsp3) is 0. The van der Waals surface area contributed by atoms with Crippen LogP contribution in [0.2, 0.25) is 0 Å². The van der Waals surface area contributed by atoms with E-state index in [4.69, 9.17) is 15.6 Å². The lowest BCUT2D eigenvalue weighted by atomic mass is 10.3. The highest BCUT2D eigenvalue weighted by molar-refractivity contribution is 5.87. The second-order valence-corrected chi connectivity index (χ2v) is 2.19. The number of nitrogens with one attached hydrogen (secondary N) is 1. The number of benzene rings is 1. The Hall–Kier alpha value is -2.24. The Kier molecular flexibility index (Phi) is 5.29. The molecule has 14 heavy (non-hydrogen) atoms. The number of primary amides is 2. The Labute approximate surface area is 80.5 Å². The third-order valence-corrected chi connectivity index (χ3v) is 1.04. The molecular weight excluding hydrogens is 186 g/mol. The van der Waals surface area contributed by atoms with Gasteiger partial charge in [-0.1, -0.05) is 18.2 Å². The van der Waals surface area contributed by atoms with Crippen LogP contribution in [0.15, 0.2) is 30.3 Å². The van der Waals surface area contributed by atoms with Crippen molar-refractivity contribution in [3.63, 3.8) is 0 Å². The number of nitrogens with two attached hydrogens (primary N) is 2. The summed E-state index contributed by atoms with van der Waals surface area (Å²) in [6, 6.07) is 8.52. The van der Waals surface area contributed by atoms with Crippen molar-refractivity contribution in [2.24, 2.45) is 11.5 Å². The van der Waals surface area contributed by atoms with Gasteiger partial charge in [-0.25, -0.2) is 9.59 Å². The number of hydrogen-bond acceptors (Lipinski definition) is 2. The predicted octanol–water partition coefficient (Wildman–Crippen LogP) is 0.800. The molecule has 3 amide bonds. The number of carbonyl (C=O) groups is 2. The predicted molar refractivity (Wildman–Crippen MR) is 51.9 cm³/mol. The Morgan fingerprint density at radius 3 is 1.93 bits per heavy atom. The second kappa shape index (κ2) is 6.30. The number of hydrogen-bond donors (Lipinski definition) is 4. The molecule has 0 spiro atoms. The van der Waals surface area contributed by atoms with Gasteiger partial charge in [-0.05, 0) is 12.1 Å². The van der Waals surface area contributed by atoms with Crippen LogP contribution in [0, 0.1) is 0 Å². The zero-order valence-electron chi connectivity index (χ0n) is 7.31. The van der Waals surface area contributed by atoms with Gasteiger partial charge in [0.15, 0.2) is 0 Å². The maximum atomic E-state index is 10.3. The molecule has 0 aliphatic carbocycles. The first-order valence-corrected chi connectivity index (χ1v) is 3.62. The van der Waals surface area contributed by atoms with Crippen molar-refractivity contribution in [3.05, 3.63) is 30.3 Å². The number of anilines is 1. The topological polar surface area (TPSA) is 118 Å². The van der Waals surface area contributed by atoms with E-state index in [-0.39, 0.29) is 0 Å². The monoisotopic (exact) mass is 197 g/mol. The summed E-state index contributed by atoms with van der Waals surface area (Å²) >= 11 is 0. The lowest BCUT2D eigenvalue weighted by molar-refractivity contribution is 0.205. The minimum Gasteiger partial charge on any atom is -0.465 e. The number of carbonyl (C=O) groups excluding carboxylic acids is 1. The Bertz CT molecular complexity index is 296. The van der Waals surface area contributed by atoms with Gasteiger partial charge in [0.2, 0.25) is 0 Å². The van der Waals surface area contributed by atoms with E-state index in [0.717, 1.165) is 5.69 Å². The second-order valence-electron chi connectivity index (χ2n) is 2.19. The molecule has 0 atom stereocenters. The van der Waals surface area contributed by atoms with Crippen molar-refractivity contribution in [1.82, 2.24) is 0 Å². The molecule has 6 N–H and O–H groups in total. The molecule has 1 aromatic rings. The number of rotatable bonds is 1. The summed E-state index contributed by atoms with van der Waals surface area (Å²) in [7, 11) is 0. The first-order chi connectivity index (χ1) is 6.52. The summed E-state index contributed by atoms with van der Waals surface area (Å²) in [6.07, 6.45) is -1.33. The van der Waals surface area contributed by atoms with E-state index in [0.29, 0.717) is 0 Å². The Balaban J connectivity index is 0.000000364. The highest BCUT2D eigenvalue weighted by Crippen LogP contribution is 2.03. The lowest BCUT2D eigenvalue weighted by Gasteiger charge is -1.97. The standard InChI is InChI=1S/C7H8N2O.CH3NO2/c8-7(10)9-6-4-2-1-3-5-6;2-1(3)4/h1-5H,(H3,8,9,10);2H2,(H,3,4). The summed E-state index contributed by atoms with van der Waals surface area (Å²) in [5, 5.41) is 9.64. The molecule has 76 valence electrons. The summed E-state index contributed by atoms with van der Waals surface area (Å²) in [5.41, 5.74) is 9.62. The van der Waals surface area contributed by atoms with Crippen molar-refractivity contribution >= 4 is 17.8 Å². The number of amides is 3. The SMILES string of the molecule is NC(=O)Nc1ccccc1.NC(=O)O. The van der Waals surface area contributed by atoms with Gasteiger partial charge in [0.25, 0.3) is 0 Å². The van der Waals surface area contributed by atoms with Crippen LogP contribution in [-0.4, -0.2) is 17.2 Å². The van der Waals surface area contributed by atoms with Gasteiger partial charge in [0.05, 0.1) is 0 Å². The van der Waals surface area contributed by atoms with E-state index in [2.05, 4.69) is 11.1 Å². The molecule has 6 heteroatoms.